The van der Waals surface area contributed by atoms with Crippen molar-refractivity contribution in [2.45, 2.75) is 6.54 Å². The van der Waals surface area contributed by atoms with Crippen LogP contribution in [0.1, 0.15) is 16.1 Å². The largest absolute Gasteiger partial charge is 0.464 e. The van der Waals surface area contributed by atoms with E-state index in [2.05, 4.69) is 14.7 Å². The Morgan fingerprint density at radius 2 is 2.10 bits per heavy atom. The molecule has 0 fully saturated rings. The summed E-state index contributed by atoms with van der Waals surface area (Å²) in [5.74, 6) is -0.369. The van der Waals surface area contributed by atoms with E-state index in [-0.39, 0.29) is 11.5 Å². The van der Waals surface area contributed by atoms with Gasteiger partial charge in [-0.2, -0.15) is 0 Å². The summed E-state index contributed by atoms with van der Waals surface area (Å²) in [5.41, 5.74) is 0.658. The van der Waals surface area contributed by atoms with E-state index in [0.29, 0.717) is 17.9 Å². The maximum atomic E-state index is 13.6. The lowest BCUT2D eigenvalue weighted by molar-refractivity contribution is 0.0593. The third kappa shape index (κ3) is 3.09. The highest BCUT2D eigenvalue weighted by atomic mass is 19.1. The Morgan fingerprint density at radius 3 is 2.80 bits per heavy atom. The first-order valence-corrected chi connectivity index (χ1v) is 5.96. The molecule has 0 unspecified atom stereocenters. The first-order chi connectivity index (χ1) is 9.61. The van der Waals surface area contributed by atoms with Gasteiger partial charge in [0.05, 0.1) is 19.5 Å². The summed E-state index contributed by atoms with van der Waals surface area (Å²) in [5, 5.41) is 0. The number of esters is 1. The number of halogens is 1. The standard InChI is InChI=1S/C14H14FN3O2/c1-18(9-10-5-3-4-6-11(10)15)13-8-16-7-12(17-13)14(19)20-2/h3-8H,9H2,1-2H3. The van der Waals surface area contributed by atoms with Gasteiger partial charge < -0.3 is 9.64 Å². The molecule has 5 nitrogen and oxygen atoms in total. The number of ether oxygens (including phenoxy) is 1. The predicted molar refractivity (Wildman–Crippen MR) is 71.9 cm³/mol. The second-order valence-electron chi connectivity index (χ2n) is 4.20. The number of rotatable bonds is 4. The minimum atomic E-state index is -0.557. The first kappa shape index (κ1) is 13.9. The average molecular weight is 275 g/mol. The number of nitrogens with zero attached hydrogens (tertiary/aromatic N) is 3. The summed E-state index contributed by atoms with van der Waals surface area (Å²) in [4.78, 5) is 21.2. The van der Waals surface area contributed by atoms with Crippen molar-refractivity contribution in [3.05, 3.63) is 53.7 Å². The quantitative estimate of drug-likeness (QED) is 0.799. The number of anilines is 1. The molecule has 1 heterocycles. The molecule has 6 heteroatoms. The monoisotopic (exact) mass is 275 g/mol. The molecule has 104 valence electrons. The third-order valence-corrected chi connectivity index (χ3v) is 2.77. The van der Waals surface area contributed by atoms with Crippen LogP contribution in [0.5, 0.6) is 0 Å². The lowest BCUT2D eigenvalue weighted by Crippen LogP contribution is -2.20. The Balaban J connectivity index is 2.19. The maximum Gasteiger partial charge on any atom is 0.358 e. The molecule has 0 amide bonds. The summed E-state index contributed by atoms with van der Waals surface area (Å²) in [6.07, 6.45) is 2.83. The van der Waals surface area contributed by atoms with Gasteiger partial charge in [0.2, 0.25) is 0 Å². The van der Waals surface area contributed by atoms with Gasteiger partial charge in [-0.1, -0.05) is 18.2 Å². The lowest BCUT2D eigenvalue weighted by atomic mass is 10.2. The first-order valence-electron chi connectivity index (χ1n) is 5.96. The molecule has 0 saturated carbocycles. The summed E-state index contributed by atoms with van der Waals surface area (Å²) < 4.78 is 18.2. The number of carbonyl (C=O) groups is 1. The Labute approximate surface area is 116 Å². The molecule has 0 atom stereocenters. The molecule has 0 bridgehead atoms. The summed E-state index contributed by atoms with van der Waals surface area (Å²) >= 11 is 0. The molecule has 0 saturated heterocycles. The molecule has 0 aliphatic rings. The van der Waals surface area contributed by atoms with Crippen molar-refractivity contribution < 1.29 is 13.9 Å². The van der Waals surface area contributed by atoms with Crippen LogP contribution in [0.15, 0.2) is 36.7 Å². The fourth-order valence-electron chi connectivity index (χ4n) is 1.71. The molecular weight excluding hydrogens is 261 g/mol. The van der Waals surface area contributed by atoms with Crippen molar-refractivity contribution in [1.82, 2.24) is 9.97 Å². The fourth-order valence-corrected chi connectivity index (χ4v) is 1.71. The molecule has 20 heavy (non-hydrogen) atoms. The lowest BCUT2D eigenvalue weighted by Gasteiger charge is -2.18. The molecule has 1 aromatic carbocycles. The highest BCUT2D eigenvalue weighted by Gasteiger charge is 2.12. The molecule has 2 rings (SSSR count). The van der Waals surface area contributed by atoms with Crippen LogP contribution in [-0.4, -0.2) is 30.1 Å². The Hall–Kier alpha value is -2.50. The van der Waals surface area contributed by atoms with Crippen molar-refractivity contribution in [3.8, 4) is 0 Å². The highest BCUT2D eigenvalue weighted by Crippen LogP contribution is 2.14. The van der Waals surface area contributed by atoms with Crippen LogP contribution in [0.4, 0.5) is 10.2 Å². The highest BCUT2D eigenvalue weighted by molar-refractivity contribution is 5.87. The van der Waals surface area contributed by atoms with Crippen molar-refractivity contribution in [3.63, 3.8) is 0 Å². The van der Waals surface area contributed by atoms with Crippen molar-refractivity contribution in [1.29, 1.82) is 0 Å². The van der Waals surface area contributed by atoms with Gasteiger partial charge in [-0.25, -0.2) is 14.2 Å². The van der Waals surface area contributed by atoms with E-state index < -0.39 is 5.97 Å². The van der Waals surface area contributed by atoms with Gasteiger partial charge >= 0.3 is 5.97 Å². The van der Waals surface area contributed by atoms with Gasteiger partial charge in [0.1, 0.15) is 11.6 Å². The molecule has 0 radical (unpaired) electrons. The molecule has 0 N–H and O–H groups in total. The van der Waals surface area contributed by atoms with E-state index >= 15 is 0 Å². The summed E-state index contributed by atoms with van der Waals surface area (Å²) in [6, 6.07) is 6.50. The Morgan fingerprint density at radius 1 is 1.35 bits per heavy atom. The second kappa shape index (κ2) is 6.10. The van der Waals surface area contributed by atoms with Crippen molar-refractivity contribution in [2.24, 2.45) is 0 Å². The van der Waals surface area contributed by atoms with Crippen LogP contribution >= 0.6 is 0 Å². The Bertz CT molecular complexity index is 619. The van der Waals surface area contributed by atoms with Crippen LogP contribution in [0, 0.1) is 5.82 Å². The zero-order valence-electron chi connectivity index (χ0n) is 11.2. The summed E-state index contributed by atoms with van der Waals surface area (Å²) in [6.45, 7) is 0.325. The van der Waals surface area contributed by atoms with E-state index in [1.54, 1.807) is 30.1 Å². The van der Waals surface area contributed by atoms with Crippen LogP contribution in [0.25, 0.3) is 0 Å². The normalized spacial score (nSPS) is 10.2. The Kier molecular flexibility index (Phi) is 4.24. The SMILES string of the molecule is COC(=O)c1cncc(N(C)Cc2ccccc2F)n1. The second-order valence-corrected chi connectivity index (χ2v) is 4.20. The molecule has 1 aromatic heterocycles. The van der Waals surface area contributed by atoms with Crippen LogP contribution in [-0.2, 0) is 11.3 Å². The maximum absolute atomic E-state index is 13.6. The van der Waals surface area contributed by atoms with Crippen LogP contribution in [0.2, 0.25) is 0 Å². The minimum absolute atomic E-state index is 0.116. The van der Waals surface area contributed by atoms with E-state index in [0.717, 1.165) is 0 Å². The van der Waals surface area contributed by atoms with E-state index in [4.69, 9.17) is 0 Å². The molecule has 0 aliphatic heterocycles. The minimum Gasteiger partial charge on any atom is -0.464 e. The van der Waals surface area contributed by atoms with Crippen LogP contribution in [0.3, 0.4) is 0 Å². The van der Waals surface area contributed by atoms with Gasteiger partial charge in [0.15, 0.2) is 5.69 Å². The predicted octanol–water partition coefficient (Wildman–Crippen LogP) is 2.04. The number of hydrogen-bond donors (Lipinski definition) is 0. The average Bonchev–Trinajstić information content (AvgIpc) is 2.49. The van der Waals surface area contributed by atoms with Gasteiger partial charge in [-0.05, 0) is 6.07 Å². The molecule has 0 aliphatic carbocycles. The zero-order valence-corrected chi connectivity index (χ0v) is 11.2. The number of hydrogen-bond acceptors (Lipinski definition) is 5. The van der Waals surface area contributed by atoms with Crippen molar-refractivity contribution >= 4 is 11.8 Å². The van der Waals surface area contributed by atoms with E-state index in [1.165, 1.54) is 25.6 Å². The smallest absolute Gasteiger partial charge is 0.358 e. The molecule has 0 spiro atoms. The van der Waals surface area contributed by atoms with Gasteiger partial charge in [-0.15, -0.1) is 0 Å². The van der Waals surface area contributed by atoms with Gasteiger partial charge in [0.25, 0.3) is 0 Å². The molecule has 2 aromatic rings. The number of aromatic nitrogens is 2. The van der Waals surface area contributed by atoms with Crippen molar-refractivity contribution in [2.75, 3.05) is 19.1 Å². The fraction of sp³-hybridized carbons (Fsp3) is 0.214. The number of benzene rings is 1. The third-order valence-electron chi connectivity index (χ3n) is 2.77. The number of carbonyl (C=O) groups excluding carboxylic acids is 1. The van der Waals surface area contributed by atoms with Crippen LogP contribution < -0.4 is 4.90 Å². The number of methoxy groups -OCH3 is 1. The zero-order chi connectivity index (χ0) is 14.5. The summed E-state index contributed by atoms with van der Waals surface area (Å²) in [7, 11) is 3.03. The topological polar surface area (TPSA) is 55.3 Å². The molecular formula is C14H14FN3O2. The van der Waals surface area contributed by atoms with E-state index in [1.807, 2.05) is 0 Å². The van der Waals surface area contributed by atoms with E-state index in [9.17, 15) is 9.18 Å². The van der Waals surface area contributed by atoms with Gasteiger partial charge in [-0.3, -0.25) is 4.98 Å². The van der Waals surface area contributed by atoms with Gasteiger partial charge in [0, 0.05) is 19.2 Å².